The maximum atomic E-state index is 14.7. The van der Waals surface area contributed by atoms with Crippen molar-refractivity contribution in [2.24, 2.45) is 4.99 Å². The van der Waals surface area contributed by atoms with Crippen LogP contribution in [0.4, 0.5) is 18.0 Å². The molecule has 0 bridgehead atoms. The Labute approximate surface area is 294 Å². The molecule has 6 rings (SSSR count). The Kier molecular flexibility index (Phi) is 11.3. The Balaban J connectivity index is 0.00000451. The molecule has 0 radical (unpaired) electrons. The number of amides is 2. The highest BCUT2D eigenvalue weighted by atomic mass is 35.5. The predicted molar refractivity (Wildman–Crippen MR) is 185 cm³/mol. The van der Waals surface area contributed by atoms with Crippen LogP contribution in [-0.4, -0.2) is 59.4 Å². The van der Waals surface area contributed by atoms with E-state index in [4.69, 9.17) is 32.9 Å². The van der Waals surface area contributed by atoms with Gasteiger partial charge in [0, 0.05) is 42.8 Å². The Morgan fingerprint density at radius 2 is 1.46 bits per heavy atom. The Morgan fingerprint density at radius 1 is 0.854 bits per heavy atom. The minimum Gasteiger partial charge on any atom is -0.493 e. The SMILES string of the molecule is CCOc1cc(C(F)(F)F)ccc1C1=NC(c2ccc(Cl)cc2)C(c2ccc(Cl)cc2)N1C(=O)N1CCN(Cc2ccccc2)CC1.Cl. The van der Waals surface area contributed by atoms with Crippen molar-refractivity contribution in [1.29, 1.82) is 0 Å². The number of alkyl halides is 3. The highest BCUT2D eigenvalue weighted by molar-refractivity contribution is 6.30. The maximum absolute atomic E-state index is 14.7. The summed E-state index contributed by atoms with van der Waals surface area (Å²) in [6, 6.07) is 26.4. The molecule has 0 aliphatic carbocycles. The first kappa shape index (κ1) is 35.5. The number of nitrogens with zero attached hydrogens (tertiary/aromatic N) is 4. The zero-order chi connectivity index (χ0) is 33.1. The lowest BCUT2D eigenvalue weighted by atomic mass is 9.93. The number of halogens is 6. The first-order valence-electron chi connectivity index (χ1n) is 15.4. The van der Waals surface area contributed by atoms with E-state index in [1.807, 2.05) is 42.5 Å². The summed E-state index contributed by atoms with van der Waals surface area (Å²) in [5.74, 6) is 0.233. The molecule has 1 fully saturated rings. The fourth-order valence-electron chi connectivity index (χ4n) is 6.10. The van der Waals surface area contributed by atoms with Crippen LogP contribution in [0.2, 0.25) is 10.0 Å². The minimum atomic E-state index is -4.57. The molecule has 2 aliphatic rings. The molecule has 0 saturated carbocycles. The predicted octanol–water partition coefficient (Wildman–Crippen LogP) is 9.32. The molecule has 2 amide bonds. The fourth-order valence-corrected chi connectivity index (χ4v) is 6.36. The van der Waals surface area contributed by atoms with E-state index in [2.05, 4.69) is 17.0 Å². The van der Waals surface area contributed by atoms with Crippen LogP contribution < -0.4 is 4.74 Å². The van der Waals surface area contributed by atoms with E-state index in [-0.39, 0.29) is 36.6 Å². The molecular formula is C36H34Cl3F3N4O2. The summed E-state index contributed by atoms with van der Waals surface area (Å²) in [6.07, 6.45) is -4.57. The molecule has 4 aromatic carbocycles. The van der Waals surface area contributed by atoms with Crippen molar-refractivity contribution in [2.45, 2.75) is 31.7 Å². The van der Waals surface area contributed by atoms with Crippen molar-refractivity contribution < 1.29 is 22.7 Å². The third-order valence-electron chi connectivity index (χ3n) is 8.44. The van der Waals surface area contributed by atoms with E-state index in [0.29, 0.717) is 41.8 Å². The molecule has 0 aromatic heterocycles. The summed E-state index contributed by atoms with van der Waals surface area (Å²) in [4.78, 5) is 25.5. The maximum Gasteiger partial charge on any atom is 0.416 e. The van der Waals surface area contributed by atoms with Crippen molar-refractivity contribution in [2.75, 3.05) is 32.8 Å². The van der Waals surface area contributed by atoms with Gasteiger partial charge >= 0.3 is 12.2 Å². The number of aliphatic imine (C=N–C) groups is 1. The molecule has 12 heteroatoms. The lowest BCUT2D eigenvalue weighted by Crippen LogP contribution is -2.54. The third kappa shape index (κ3) is 7.76. The molecule has 0 spiro atoms. The molecule has 252 valence electrons. The summed E-state index contributed by atoms with van der Waals surface area (Å²) in [5, 5.41) is 1.08. The van der Waals surface area contributed by atoms with Gasteiger partial charge in [0.05, 0.1) is 23.8 Å². The molecule has 1 saturated heterocycles. The van der Waals surface area contributed by atoms with Crippen LogP contribution >= 0.6 is 35.6 Å². The summed E-state index contributed by atoms with van der Waals surface area (Å²) in [6.45, 7) is 4.87. The Bertz CT molecular complexity index is 1730. The van der Waals surface area contributed by atoms with Gasteiger partial charge in [-0.1, -0.05) is 77.8 Å². The number of rotatable bonds is 7. The Hall–Kier alpha value is -3.76. The number of hydrogen-bond acceptors (Lipinski definition) is 4. The van der Waals surface area contributed by atoms with Crippen LogP contribution in [-0.2, 0) is 12.7 Å². The topological polar surface area (TPSA) is 48.4 Å². The average molecular weight is 718 g/mol. The van der Waals surface area contributed by atoms with Gasteiger partial charge < -0.3 is 9.64 Å². The molecule has 0 N–H and O–H groups in total. The van der Waals surface area contributed by atoms with Gasteiger partial charge in [-0.15, -0.1) is 12.4 Å². The van der Waals surface area contributed by atoms with Crippen molar-refractivity contribution in [3.8, 4) is 5.75 Å². The number of amidine groups is 1. The van der Waals surface area contributed by atoms with Gasteiger partial charge in [-0.05, 0) is 66.1 Å². The van der Waals surface area contributed by atoms with E-state index in [1.54, 1.807) is 41.0 Å². The highest BCUT2D eigenvalue weighted by Crippen LogP contribution is 2.46. The number of urea groups is 1. The lowest BCUT2D eigenvalue weighted by Gasteiger charge is -2.39. The first-order valence-corrected chi connectivity index (χ1v) is 16.2. The van der Waals surface area contributed by atoms with Crippen LogP contribution in [0.1, 0.15) is 46.8 Å². The van der Waals surface area contributed by atoms with E-state index < -0.39 is 23.8 Å². The van der Waals surface area contributed by atoms with Gasteiger partial charge in [0.1, 0.15) is 17.6 Å². The molecule has 2 aliphatic heterocycles. The molecule has 4 aromatic rings. The molecule has 48 heavy (non-hydrogen) atoms. The van der Waals surface area contributed by atoms with Crippen LogP contribution in [0.15, 0.2) is 102 Å². The average Bonchev–Trinajstić information content (AvgIpc) is 3.46. The van der Waals surface area contributed by atoms with Crippen LogP contribution in [0.3, 0.4) is 0 Å². The molecule has 2 unspecified atom stereocenters. The standard InChI is InChI=1S/C36H33Cl2F3N4O2.ClH/c1-2-47-31-22-27(36(39,40)41)12-17-30(31)34-42-32(25-8-13-28(37)14-9-25)33(26-10-15-29(38)16-11-26)45(34)35(46)44-20-18-43(19-21-44)23-24-6-4-3-5-7-24;/h3-17,22,32-33H,2,18-21,23H2,1H3;1H. The van der Waals surface area contributed by atoms with Crippen LogP contribution in [0.5, 0.6) is 5.75 Å². The van der Waals surface area contributed by atoms with E-state index in [9.17, 15) is 18.0 Å². The fraction of sp³-hybridized carbons (Fsp3) is 0.278. The van der Waals surface area contributed by atoms with Crippen molar-refractivity contribution in [3.63, 3.8) is 0 Å². The zero-order valence-electron chi connectivity index (χ0n) is 26.0. The van der Waals surface area contributed by atoms with Gasteiger partial charge in [-0.2, -0.15) is 13.2 Å². The summed E-state index contributed by atoms with van der Waals surface area (Å²) in [5.41, 5.74) is 2.21. The van der Waals surface area contributed by atoms with Crippen molar-refractivity contribution in [3.05, 3.63) is 135 Å². The zero-order valence-corrected chi connectivity index (χ0v) is 28.4. The smallest absolute Gasteiger partial charge is 0.416 e. The third-order valence-corrected chi connectivity index (χ3v) is 8.94. The first-order chi connectivity index (χ1) is 22.6. The Morgan fingerprint density at radius 3 is 2.04 bits per heavy atom. The number of hydrogen-bond donors (Lipinski definition) is 0. The molecule has 6 nitrogen and oxygen atoms in total. The monoisotopic (exact) mass is 716 g/mol. The second-order valence-corrected chi connectivity index (χ2v) is 12.4. The van der Waals surface area contributed by atoms with Gasteiger partial charge in [-0.25, -0.2) is 4.79 Å². The molecule has 2 heterocycles. The van der Waals surface area contributed by atoms with E-state index >= 15 is 0 Å². The summed E-state index contributed by atoms with van der Waals surface area (Å²) < 4.78 is 47.1. The number of ether oxygens (including phenoxy) is 1. The summed E-state index contributed by atoms with van der Waals surface area (Å²) >= 11 is 12.5. The van der Waals surface area contributed by atoms with Gasteiger partial charge in [0.25, 0.3) is 0 Å². The van der Waals surface area contributed by atoms with Crippen LogP contribution in [0.25, 0.3) is 0 Å². The van der Waals surface area contributed by atoms with Gasteiger partial charge in [0.15, 0.2) is 0 Å². The second-order valence-electron chi connectivity index (χ2n) is 11.5. The largest absolute Gasteiger partial charge is 0.493 e. The second kappa shape index (κ2) is 15.2. The van der Waals surface area contributed by atoms with E-state index in [0.717, 1.165) is 29.8 Å². The summed E-state index contributed by atoms with van der Waals surface area (Å²) in [7, 11) is 0. The van der Waals surface area contributed by atoms with Crippen molar-refractivity contribution >= 4 is 47.5 Å². The quantitative estimate of drug-likeness (QED) is 0.192. The van der Waals surface area contributed by atoms with Crippen molar-refractivity contribution in [1.82, 2.24) is 14.7 Å². The molecule has 2 atom stereocenters. The number of carbonyl (C=O) groups excluding carboxylic acids is 1. The lowest BCUT2D eigenvalue weighted by molar-refractivity contribution is -0.137. The molecular weight excluding hydrogens is 684 g/mol. The number of piperazine rings is 1. The normalized spacial score (nSPS) is 18.3. The van der Waals surface area contributed by atoms with Crippen LogP contribution in [0, 0.1) is 0 Å². The van der Waals surface area contributed by atoms with Gasteiger partial charge in [0.2, 0.25) is 0 Å². The minimum absolute atomic E-state index is 0. The van der Waals surface area contributed by atoms with Gasteiger partial charge in [-0.3, -0.25) is 14.8 Å². The van der Waals surface area contributed by atoms with E-state index in [1.165, 1.54) is 11.6 Å². The number of carbonyl (C=O) groups is 1. The highest BCUT2D eigenvalue weighted by Gasteiger charge is 2.45. The number of benzene rings is 4.